The van der Waals surface area contributed by atoms with Gasteiger partial charge in [0.05, 0.1) is 0 Å². The lowest BCUT2D eigenvalue weighted by Gasteiger charge is -2.28. The lowest BCUT2D eigenvalue weighted by atomic mass is 10.1. The normalized spacial score (nSPS) is 14.6. The zero-order chi connectivity index (χ0) is 16.6. The maximum atomic E-state index is 4.85. The van der Waals surface area contributed by atoms with Crippen molar-refractivity contribution in [2.75, 3.05) is 29.9 Å². The number of rotatable bonds is 7. The lowest BCUT2D eigenvalue weighted by molar-refractivity contribution is 0.573. The molecule has 128 valence electrons. The van der Waals surface area contributed by atoms with E-state index in [1.807, 2.05) is 18.2 Å². The van der Waals surface area contributed by atoms with Crippen molar-refractivity contribution in [2.24, 2.45) is 0 Å². The van der Waals surface area contributed by atoms with Gasteiger partial charge in [-0.1, -0.05) is 50.1 Å². The number of unbranched alkanes of at least 4 members (excludes halogenated alkanes) is 2. The summed E-state index contributed by atoms with van der Waals surface area (Å²) >= 11 is 0. The largest absolute Gasteiger partial charge is 0.370 e. The van der Waals surface area contributed by atoms with Gasteiger partial charge in [-0.15, -0.1) is 0 Å². The minimum Gasteiger partial charge on any atom is -0.370 e. The van der Waals surface area contributed by atoms with Crippen LogP contribution in [0.4, 0.5) is 11.6 Å². The van der Waals surface area contributed by atoms with Gasteiger partial charge in [-0.05, 0) is 25.7 Å². The van der Waals surface area contributed by atoms with Crippen LogP contribution in [0, 0.1) is 0 Å². The highest BCUT2D eigenvalue weighted by molar-refractivity contribution is 5.61. The Morgan fingerprint density at radius 3 is 2.54 bits per heavy atom. The van der Waals surface area contributed by atoms with Crippen LogP contribution in [0.1, 0.15) is 45.4 Å². The molecule has 1 aromatic heterocycles. The Bertz CT molecular complexity index is 621. The van der Waals surface area contributed by atoms with E-state index >= 15 is 0 Å². The van der Waals surface area contributed by atoms with Crippen LogP contribution < -0.4 is 10.2 Å². The van der Waals surface area contributed by atoms with E-state index in [-0.39, 0.29) is 0 Å². The molecule has 0 aliphatic carbocycles. The molecule has 1 N–H and O–H groups in total. The Hall–Kier alpha value is -2.10. The Morgan fingerprint density at radius 1 is 1.00 bits per heavy atom. The van der Waals surface area contributed by atoms with Crippen molar-refractivity contribution in [1.82, 2.24) is 9.97 Å². The number of nitrogens with zero attached hydrogens (tertiary/aromatic N) is 3. The summed E-state index contributed by atoms with van der Waals surface area (Å²) in [5.74, 6) is 2.82. The van der Waals surface area contributed by atoms with Gasteiger partial charge < -0.3 is 10.2 Å². The van der Waals surface area contributed by atoms with Gasteiger partial charge in [-0.2, -0.15) is 0 Å². The molecule has 0 saturated carbocycles. The van der Waals surface area contributed by atoms with Crippen molar-refractivity contribution < 1.29 is 0 Å². The molecule has 24 heavy (non-hydrogen) atoms. The molecule has 1 saturated heterocycles. The van der Waals surface area contributed by atoms with Crippen molar-refractivity contribution in [3.63, 3.8) is 0 Å². The summed E-state index contributed by atoms with van der Waals surface area (Å²) in [7, 11) is 0. The predicted octanol–water partition coefficient (Wildman–Crippen LogP) is 4.74. The monoisotopic (exact) mass is 324 g/mol. The standard InChI is InChI=1S/C20H28N4/c1-2-3-8-13-21-18-16-19(24-14-9-5-10-15-24)23-20(22-18)17-11-6-4-7-12-17/h4,6-7,11-12,16H,2-3,5,8-10,13-15H2,1H3,(H,21,22,23). The van der Waals surface area contributed by atoms with E-state index in [0.717, 1.165) is 42.7 Å². The fraction of sp³-hybridized carbons (Fsp3) is 0.500. The van der Waals surface area contributed by atoms with Gasteiger partial charge in [0.1, 0.15) is 11.6 Å². The van der Waals surface area contributed by atoms with E-state index in [1.165, 1.54) is 38.5 Å². The van der Waals surface area contributed by atoms with Gasteiger partial charge in [0, 0.05) is 31.3 Å². The van der Waals surface area contributed by atoms with Crippen LogP contribution in [-0.2, 0) is 0 Å². The van der Waals surface area contributed by atoms with E-state index in [1.54, 1.807) is 0 Å². The Morgan fingerprint density at radius 2 is 1.79 bits per heavy atom. The van der Waals surface area contributed by atoms with Crippen molar-refractivity contribution in [1.29, 1.82) is 0 Å². The second-order valence-electron chi connectivity index (χ2n) is 6.48. The maximum Gasteiger partial charge on any atom is 0.163 e. The third-order valence-corrected chi connectivity index (χ3v) is 4.51. The van der Waals surface area contributed by atoms with Crippen molar-refractivity contribution in [3.05, 3.63) is 36.4 Å². The molecule has 0 spiro atoms. The minimum absolute atomic E-state index is 0.816. The third-order valence-electron chi connectivity index (χ3n) is 4.51. The number of anilines is 2. The zero-order valence-electron chi connectivity index (χ0n) is 14.7. The molecule has 1 aromatic carbocycles. The highest BCUT2D eigenvalue weighted by atomic mass is 15.2. The van der Waals surface area contributed by atoms with Crippen LogP contribution in [0.5, 0.6) is 0 Å². The smallest absolute Gasteiger partial charge is 0.163 e. The van der Waals surface area contributed by atoms with Gasteiger partial charge in [0.15, 0.2) is 5.82 Å². The van der Waals surface area contributed by atoms with E-state index < -0.39 is 0 Å². The third kappa shape index (κ3) is 4.47. The Kier molecular flexibility index (Phi) is 6.05. The lowest BCUT2D eigenvalue weighted by Crippen LogP contribution is -2.30. The first-order valence-electron chi connectivity index (χ1n) is 9.30. The van der Waals surface area contributed by atoms with Crippen molar-refractivity contribution >= 4 is 11.6 Å². The summed E-state index contributed by atoms with van der Waals surface area (Å²) in [6.45, 7) is 5.40. The first kappa shape index (κ1) is 16.7. The summed E-state index contributed by atoms with van der Waals surface area (Å²) < 4.78 is 0. The molecule has 0 atom stereocenters. The van der Waals surface area contributed by atoms with Gasteiger partial charge >= 0.3 is 0 Å². The first-order valence-corrected chi connectivity index (χ1v) is 9.30. The van der Waals surface area contributed by atoms with Gasteiger partial charge in [-0.25, -0.2) is 9.97 Å². The molecule has 4 heteroatoms. The SMILES string of the molecule is CCCCCNc1cc(N2CCCCC2)nc(-c2ccccc2)n1. The molecular formula is C20H28N4. The molecule has 1 aliphatic heterocycles. The second-order valence-corrected chi connectivity index (χ2v) is 6.48. The molecule has 0 bridgehead atoms. The van der Waals surface area contributed by atoms with Gasteiger partial charge in [-0.3, -0.25) is 0 Å². The van der Waals surface area contributed by atoms with Crippen LogP contribution in [0.2, 0.25) is 0 Å². The topological polar surface area (TPSA) is 41.0 Å². The maximum absolute atomic E-state index is 4.85. The number of hydrogen-bond donors (Lipinski definition) is 1. The van der Waals surface area contributed by atoms with Crippen LogP contribution in [0.25, 0.3) is 11.4 Å². The number of piperidine rings is 1. The molecule has 2 aromatic rings. The Labute approximate surface area is 145 Å². The Balaban J connectivity index is 1.84. The predicted molar refractivity (Wildman–Crippen MR) is 102 cm³/mol. The van der Waals surface area contributed by atoms with E-state index in [4.69, 9.17) is 9.97 Å². The fourth-order valence-corrected chi connectivity index (χ4v) is 3.12. The number of benzene rings is 1. The average molecular weight is 324 g/mol. The molecule has 0 radical (unpaired) electrons. The van der Waals surface area contributed by atoms with E-state index in [2.05, 4.69) is 35.3 Å². The molecule has 3 rings (SSSR count). The van der Waals surface area contributed by atoms with E-state index in [0.29, 0.717) is 0 Å². The molecular weight excluding hydrogens is 296 g/mol. The number of nitrogens with one attached hydrogen (secondary N) is 1. The molecule has 0 amide bonds. The summed E-state index contributed by atoms with van der Waals surface area (Å²) in [6.07, 6.45) is 7.51. The molecule has 4 nitrogen and oxygen atoms in total. The summed E-state index contributed by atoms with van der Waals surface area (Å²) in [5, 5.41) is 3.49. The quantitative estimate of drug-likeness (QED) is 0.747. The average Bonchev–Trinajstić information content (AvgIpc) is 2.66. The zero-order valence-corrected chi connectivity index (χ0v) is 14.7. The van der Waals surface area contributed by atoms with Crippen LogP contribution in [0.15, 0.2) is 36.4 Å². The number of aromatic nitrogens is 2. The van der Waals surface area contributed by atoms with Crippen LogP contribution in [-0.4, -0.2) is 29.6 Å². The highest BCUT2D eigenvalue weighted by Crippen LogP contribution is 2.24. The summed E-state index contributed by atoms with van der Waals surface area (Å²) in [5.41, 5.74) is 1.08. The van der Waals surface area contributed by atoms with Crippen LogP contribution >= 0.6 is 0 Å². The van der Waals surface area contributed by atoms with Crippen molar-refractivity contribution in [2.45, 2.75) is 45.4 Å². The highest BCUT2D eigenvalue weighted by Gasteiger charge is 2.15. The van der Waals surface area contributed by atoms with E-state index in [9.17, 15) is 0 Å². The fourth-order valence-electron chi connectivity index (χ4n) is 3.12. The van der Waals surface area contributed by atoms with Gasteiger partial charge in [0.2, 0.25) is 0 Å². The second kappa shape index (κ2) is 8.67. The van der Waals surface area contributed by atoms with Gasteiger partial charge in [0.25, 0.3) is 0 Å². The number of hydrogen-bond acceptors (Lipinski definition) is 4. The molecule has 1 aliphatic rings. The van der Waals surface area contributed by atoms with Crippen LogP contribution in [0.3, 0.4) is 0 Å². The molecule has 2 heterocycles. The first-order chi connectivity index (χ1) is 11.9. The summed E-state index contributed by atoms with van der Waals surface area (Å²) in [4.78, 5) is 12.0. The molecule has 1 fully saturated rings. The summed E-state index contributed by atoms with van der Waals surface area (Å²) in [6, 6.07) is 12.4. The minimum atomic E-state index is 0.816. The molecule has 0 unspecified atom stereocenters. The van der Waals surface area contributed by atoms with Crippen molar-refractivity contribution in [3.8, 4) is 11.4 Å².